The van der Waals surface area contributed by atoms with Crippen molar-refractivity contribution in [2.24, 2.45) is 11.7 Å². The average Bonchev–Trinajstić information content (AvgIpc) is 2.03. The Balaban J connectivity index is 3.49. The molecule has 2 heteroatoms. The third-order valence-corrected chi connectivity index (χ3v) is 2.26. The van der Waals surface area contributed by atoms with E-state index >= 15 is 0 Å². The van der Waals surface area contributed by atoms with Crippen LogP contribution in [-0.4, -0.2) is 31.6 Å². The van der Waals surface area contributed by atoms with Crippen molar-refractivity contribution < 1.29 is 0 Å². The molecule has 0 fully saturated rings. The maximum atomic E-state index is 5.50. The van der Waals surface area contributed by atoms with Crippen molar-refractivity contribution >= 4 is 0 Å². The minimum absolute atomic E-state index is 0.796. The summed E-state index contributed by atoms with van der Waals surface area (Å²) in [6.07, 6.45) is 2.42. The SMILES string of the molecule is CCC(CCN)CN(C)CC. The van der Waals surface area contributed by atoms with Gasteiger partial charge in [0.1, 0.15) is 0 Å². The summed E-state index contributed by atoms with van der Waals surface area (Å²) in [5.74, 6) is 0.796. The molecule has 0 spiro atoms. The molecule has 0 aliphatic rings. The molecule has 1 atom stereocenters. The predicted molar refractivity (Wildman–Crippen MR) is 50.6 cm³/mol. The molecule has 0 aromatic heterocycles. The molecule has 0 heterocycles. The molecule has 1 unspecified atom stereocenters. The lowest BCUT2D eigenvalue weighted by molar-refractivity contribution is 0.275. The van der Waals surface area contributed by atoms with Crippen LogP contribution in [0, 0.1) is 5.92 Å². The fourth-order valence-electron chi connectivity index (χ4n) is 1.23. The Hall–Kier alpha value is -0.0800. The average molecular weight is 158 g/mol. The van der Waals surface area contributed by atoms with Gasteiger partial charge in [-0.15, -0.1) is 0 Å². The molecule has 0 aromatic carbocycles. The summed E-state index contributed by atoms with van der Waals surface area (Å²) < 4.78 is 0. The molecule has 0 bridgehead atoms. The van der Waals surface area contributed by atoms with E-state index in [1.54, 1.807) is 0 Å². The van der Waals surface area contributed by atoms with Crippen LogP contribution in [0.25, 0.3) is 0 Å². The van der Waals surface area contributed by atoms with Gasteiger partial charge in [0.05, 0.1) is 0 Å². The third kappa shape index (κ3) is 5.22. The Labute approximate surface area is 70.8 Å². The summed E-state index contributed by atoms with van der Waals surface area (Å²) in [4.78, 5) is 2.35. The smallest absolute Gasteiger partial charge is 0.000686 e. The lowest BCUT2D eigenvalue weighted by atomic mass is 10.0. The Bertz CT molecular complexity index is 83.6. The molecule has 0 aliphatic heterocycles. The number of rotatable bonds is 6. The van der Waals surface area contributed by atoms with E-state index in [2.05, 4.69) is 25.8 Å². The number of nitrogens with zero attached hydrogens (tertiary/aromatic N) is 1. The van der Waals surface area contributed by atoms with Gasteiger partial charge in [-0.1, -0.05) is 20.3 Å². The molecule has 0 rings (SSSR count). The molecular formula is C9H22N2. The number of hydrogen-bond donors (Lipinski definition) is 1. The van der Waals surface area contributed by atoms with Crippen molar-refractivity contribution in [1.29, 1.82) is 0 Å². The van der Waals surface area contributed by atoms with Crippen LogP contribution in [0.3, 0.4) is 0 Å². The quantitative estimate of drug-likeness (QED) is 0.631. The fraction of sp³-hybridized carbons (Fsp3) is 1.00. The van der Waals surface area contributed by atoms with Crippen LogP contribution in [0.1, 0.15) is 26.7 Å². The van der Waals surface area contributed by atoms with Crippen LogP contribution in [0.4, 0.5) is 0 Å². The molecule has 0 saturated carbocycles. The molecule has 11 heavy (non-hydrogen) atoms. The minimum Gasteiger partial charge on any atom is -0.330 e. The van der Waals surface area contributed by atoms with Crippen molar-refractivity contribution in [3.63, 3.8) is 0 Å². The first-order chi connectivity index (χ1) is 5.24. The zero-order valence-electron chi connectivity index (χ0n) is 8.14. The van der Waals surface area contributed by atoms with Crippen molar-refractivity contribution in [1.82, 2.24) is 4.90 Å². The molecule has 2 nitrogen and oxygen atoms in total. The number of nitrogens with two attached hydrogens (primary N) is 1. The first kappa shape index (κ1) is 10.9. The van der Waals surface area contributed by atoms with Crippen LogP contribution < -0.4 is 5.73 Å². The van der Waals surface area contributed by atoms with E-state index in [-0.39, 0.29) is 0 Å². The topological polar surface area (TPSA) is 29.3 Å². The van der Waals surface area contributed by atoms with E-state index in [1.165, 1.54) is 19.4 Å². The summed E-state index contributed by atoms with van der Waals surface area (Å²) >= 11 is 0. The first-order valence-corrected chi connectivity index (χ1v) is 4.63. The van der Waals surface area contributed by atoms with Crippen molar-refractivity contribution in [2.75, 3.05) is 26.7 Å². The van der Waals surface area contributed by atoms with E-state index in [4.69, 9.17) is 5.73 Å². The third-order valence-electron chi connectivity index (χ3n) is 2.26. The van der Waals surface area contributed by atoms with Gasteiger partial charge in [0, 0.05) is 6.54 Å². The fourth-order valence-corrected chi connectivity index (χ4v) is 1.23. The van der Waals surface area contributed by atoms with Gasteiger partial charge in [0.2, 0.25) is 0 Å². The summed E-state index contributed by atoms with van der Waals surface area (Å²) in [5, 5.41) is 0. The summed E-state index contributed by atoms with van der Waals surface area (Å²) in [6.45, 7) is 7.60. The highest BCUT2D eigenvalue weighted by Crippen LogP contribution is 2.07. The highest BCUT2D eigenvalue weighted by molar-refractivity contribution is 4.61. The van der Waals surface area contributed by atoms with Crippen molar-refractivity contribution in [3.05, 3.63) is 0 Å². The summed E-state index contributed by atoms with van der Waals surface area (Å²) in [6, 6.07) is 0. The van der Waals surface area contributed by atoms with Crippen LogP contribution in [0.5, 0.6) is 0 Å². The molecule has 0 amide bonds. The van der Waals surface area contributed by atoms with Gasteiger partial charge in [-0.25, -0.2) is 0 Å². The zero-order chi connectivity index (χ0) is 8.69. The molecule has 2 N–H and O–H groups in total. The minimum atomic E-state index is 0.796. The van der Waals surface area contributed by atoms with Gasteiger partial charge < -0.3 is 10.6 Å². The lowest BCUT2D eigenvalue weighted by Crippen LogP contribution is -2.26. The second-order valence-corrected chi connectivity index (χ2v) is 3.21. The normalized spacial score (nSPS) is 13.9. The van der Waals surface area contributed by atoms with Crippen LogP contribution in [0.2, 0.25) is 0 Å². The van der Waals surface area contributed by atoms with Gasteiger partial charge >= 0.3 is 0 Å². The van der Waals surface area contributed by atoms with Crippen LogP contribution in [0.15, 0.2) is 0 Å². The van der Waals surface area contributed by atoms with Gasteiger partial charge in [0.15, 0.2) is 0 Å². The maximum absolute atomic E-state index is 5.50. The van der Waals surface area contributed by atoms with Gasteiger partial charge in [-0.3, -0.25) is 0 Å². The Morgan fingerprint density at radius 1 is 1.36 bits per heavy atom. The van der Waals surface area contributed by atoms with E-state index < -0.39 is 0 Å². The predicted octanol–water partition coefficient (Wildman–Crippen LogP) is 1.31. The van der Waals surface area contributed by atoms with E-state index in [9.17, 15) is 0 Å². The molecule has 0 aromatic rings. The van der Waals surface area contributed by atoms with Crippen molar-refractivity contribution in [3.8, 4) is 0 Å². The lowest BCUT2D eigenvalue weighted by Gasteiger charge is -2.20. The van der Waals surface area contributed by atoms with Gasteiger partial charge in [-0.2, -0.15) is 0 Å². The molecule has 0 saturated heterocycles. The summed E-state index contributed by atoms with van der Waals surface area (Å²) in [5.41, 5.74) is 5.50. The Morgan fingerprint density at radius 2 is 2.00 bits per heavy atom. The molecular weight excluding hydrogens is 136 g/mol. The molecule has 0 aliphatic carbocycles. The van der Waals surface area contributed by atoms with E-state index in [0.29, 0.717) is 0 Å². The highest BCUT2D eigenvalue weighted by Gasteiger charge is 2.06. The van der Waals surface area contributed by atoms with Gasteiger partial charge in [0.25, 0.3) is 0 Å². The van der Waals surface area contributed by atoms with E-state index in [1.807, 2.05) is 0 Å². The summed E-state index contributed by atoms with van der Waals surface area (Å²) in [7, 11) is 2.17. The molecule has 68 valence electrons. The Kier molecular flexibility index (Phi) is 6.57. The van der Waals surface area contributed by atoms with Gasteiger partial charge in [-0.05, 0) is 32.5 Å². The monoisotopic (exact) mass is 158 g/mol. The second-order valence-electron chi connectivity index (χ2n) is 3.21. The highest BCUT2D eigenvalue weighted by atomic mass is 15.1. The number of hydrogen-bond acceptors (Lipinski definition) is 2. The molecule has 0 radical (unpaired) electrons. The zero-order valence-corrected chi connectivity index (χ0v) is 8.14. The second kappa shape index (κ2) is 6.62. The Morgan fingerprint density at radius 3 is 2.36 bits per heavy atom. The standard InChI is InChI=1S/C9H22N2/c1-4-9(6-7-10)8-11(3)5-2/h9H,4-8,10H2,1-3H3. The van der Waals surface area contributed by atoms with E-state index in [0.717, 1.165) is 19.0 Å². The van der Waals surface area contributed by atoms with Crippen LogP contribution >= 0.6 is 0 Å². The first-order valence-electron chi connectivity index (χ1n) is 4.63. The maximum Gasteiger partial charge on any atom is 0.000686 e. The van der Waals surface area contributed by atoms with Crippen LogP contribution in [-0.2, 0) is 0 Å². The largest absolute Gasteiger partial charge is 0.330 e. The van der Waals surface area contributed by atoms with Crippen molar-refractivity contribution in [2.45, 2.75) is 26.7 Å².